The van der Waals surface area contributed by atoms with E-state index >= 15 is 0 Å². The number of hydrogen-bond acceptors (Lipinski definition) is 6. The highest BCUT2D eigenvalue weighted by Crippen LogP contribution is 2.36. The zero-order chi connectivity index (χ0) is 25.2. The average molecular weight is 496 g/mol. The van der Waals surface area contributed by atoms with E-state index in [2.05, 4.69) is 5.32 Å². The predicted molar refractivity (Wildman–Crippen MR) is 129 cm³/mol. The Balaban J connectivity index is 1.89. The Bertz CT molecular complexity index is 983. The molecule has 0 aliphatic carbocycles. The van der Waals surface area contributed by atoms with Crippen molar-refractivity contribution in [2.75, 3.05) is 26.5 Å². The summed E-state index contributed by atoms with van der Waals surface area (Å²) in [6.45, 7) is 7.98. The van der Waals surface area contributed by atoms with Gasteiger partial charge in [0.15, 0.2) is 0 Å². The molecule has 9 nitrogen and oxygen atoms in total. The van der Waals surface area contributed by atoms with Crippen LogP contribution < -0.4 is 10.1 Å². The van der Waals surface area contributed by atoms with Crippen LogP contribution in [0, 0.1) is 12.8 Å². The van der Waals surface area contributed by atoms with E-state index in [4.69, 9.17) is 9.47 Å². The molecule has 2 aliphatic heterocycles. The average Bonchev–Trinajstić information content (AvgIpc) is 3.38. The highest BCUT2D eigenvalue weighted by Gasteiger charge is 2.55. The first kappa shape index (κ1) is 26.4. The second-order valence-electron chi connectivity index (χ2n) is 9.42. The van der Waals surface area contributed by atoms with Gasteiger partial charge in [0.1, 0.15) is 17.9 Å². The lowest BCUT2D eigenvalue weighted by Gasteiger charge is -2.34. The van der Waals surface area contributed by atoms with E-state index < -0.39 is 34.3 Å². The Labute approximate surface area is 202 Å². The molecule has 1 N–H and O–H groups in total. The molecule has 10 heteroatoms. The van der Waals surface area contributed by atoms with Gasteiger partial charge in [-0.05, 0) is 38.8 Å². The van der Waals surface area contributed by atoms with Crippen molar-refractivity contribution >= 4 is 21.8 Å². The van der Waals surface area contributed by atoms with E-state index in [1.807, 2.05) is 45.0 Å². The predicted octanol–water partition coefficient (Wildman–Crippen LogP) is 1.55. The molecule has 2 aliphatic rings. The van der Waals surface area contributed by atoms with E-state index in [0.29, 0.717) is 25.1 Å². The van der Waals surface area contributed by atoms with Crippen LogP contribution in [0.3, 0.4) is 0 Å². The van der Waals surface area contributed by atoms with Crippen molar-refractivity contribution in [1.29, 1.82) is 0 Å². The number of carbonyl (C=O) groups is 2. The standard InChI is InChI=1S/C24H37N3O6S/c1-7-16(3)23(28)25-21(17(4)32-5)24(29)26-13-12-19-22(26)20(14-27(19)34(6,30)31)33-18-10-8-15(2)9-11-18/h8-11,16-17,19-22H,7,12-14H2,1-6H3,(H,25,28)/t16-,17-,19-,20+,21+,22+/m1/s1. The first-order valence-corrected chi connectivity index (χ1v) is 13.7. The number of aryl methyl sites for hydroxylation is 1. The molecular weight excluding hydrogens is 458 g/mol. The normalized spacial score (nSPS) is 25.5. The highest BCUT2D eigenvalue weighted by molar-refractivity contribution is 7.88. The van der Waals surface area contributed by atoms with Crippen molar-refractivity contribution in [3.05, 3.63) is 29.8 Å². The molecule has 2 heterocycles. The van der Waals surface area contributed by atoms with Crippen molar-refractivity contribution < 1.29 is 27.5 Å². The number of sulfonamides is 1. The lowest BCUT2D eigenvalue weighted by atomic mass is 10.0. The van der Waals surface area contributed by atoms with Crippen LogP contribution in [0.15, 0.2) is 24.3 Å². The number of nitrogens with zero attached hydrogens (tertiary/aromatic N) is 2. The monoisotopic (exact) mass is 495 g/mol. The summed E-state index contributed by atoms with van der Waals surface area (Å²) in [5, 5.41) is 2.86. The van der Waals surface area contributed by atoms with Crippen LogP contribution in [0.2, 0.25) is 0 Å². The number of benzene rings is 1. The van der Waals surface area contributed by atoms with Crippen LogP contribution in [0.25, 0.3) is 0 Å². The van der Waals surface area contributed by atoms with Crippen LogP contribution in [-0.2, 0) is 24.3 Å². The molecular formula is C24H37N3O6S. The van der Waals surface area contributed by atoms with Gasteiger partial charge < -0.3 is 19.7 Å². The number of fused-ring (bicyclic) bond motifs is 1. The van der Waals surface area contributed by atoms with Gasteiger partial charge in [0.2, 0.25) is 21.8 Å². The summed E-state index contributed by atoms with van der Waals surface area (Å²) in [7, 11) is -1.99. The van der Waals surface area contributed by atoms with Crippen molar-refractivity contribution in [1.82, 2.24) is 14.5 Å². The third-order valence-corrected chi connectivity index (χ3v) is 8.28. The molecule has 0 unspecified atom stereocenters. The first-order chi connectivity index (χ1) is 16.0. The van der Waals surface area contributed by atoms with E-state index in [0.717, 1.165) is 5.56 Å². The second-order valence-corrected chi connectivity index (χ2v) is 11.4. The summed E-state index contributed by atoms with van der Waals surface area (Å²) in [4.78, 5) is 28.0. The molecule has 0 saturated carbocycles. The number of ether oxygens (including phenoxy) is 2. The Morgan fingerprint density at radius 1 is 1.21 bits per heavy atom. The molecule has 190 valence electrons. The Hall–Kier alpha value is -2.17. The smallest absolute Gasteiger partial charge is 0.248 e. The molecule has 1 aromatic rings. The third kappa shape index (κ3) is 5.55. The van der Waals surface area contributed by atoms with Crippen molar-refractivity contribution in [2.45, 2.75) is 70.9 Å². The molecule has 34 heavy (non-hydrogen) atoms. The van der Waals surface area contributed by atoms with Gasteiger partial charge in [-0.25, -0.2) is 8.42 Å². The van der Waals surface area contributed by atoms with Gasteiger partial charge in [0, 0.05) is 19.6 Å². The zero-order valence-corrected chi connectivity index (χ0v) is 21.7. The van der Waals surface area contributed by atoms with Gasteiger partial charge >= 0.3 is 0 Å². The Morgan fingerprint density at radius 2 is 1.85 bits per heavy atom. The third-order valence-electron chi connectivity index (χ3n) is 7.01. The topological polar surface area (TPSA) is 105 Å². The number of rotatable bonds is 9. The van der Waals surface area contributed by atoms with E-state index in [9.17, 15) is 18.0 Å². The van der Waals surface area contributed by atoms with Crippen molar-refractivity contribution in [3.63, 3.8) is 0 Å². The summed E-state index contributed by atoms with van der Waals surface area (Å²) in [5.74, 6) is -0.116. The van der Waals surface area contributed by atoms with Crippen LogP contribution in [0.5, 0.6) is 5.75 Å². The number of carbonyl (C=O) groups excluding carboxylic acids is 2. The first-order valence-electron chi connectivity index (χ1n) is 11.8. The van der Waals surface area contributed by atoms with Crippen molar-refractivity contribution in [2.24, 2.45) is 5.92 Å². The fourth-order valence-electron chi connectivity index (χ4n) is 4.70. The number of hydrogen-bond donors (Lipinski definition) is 1. The molecule has 1 aromatic carbocycles. The quantitative estimate of drug-likeness (QED) is 0.557. The van der Waals surface area contributed by atoms with E-state index in [1.165, 1.54) is 17.7 Å². The van der Waals surface area contributed by atoms with E-state index in [1.54, 1.807) is 11.8 Å². The number of likely N-dealkylation sites (tertiary alicyclic amines) is 1. The molecule has 0 spiro atoms. The minimum Gasteiger partial charge on any atom is -0.487 e. The minimum absolute atomic E-state index is 0.162. The van der Waals surface area contributed by atoms with Gasteiger partial charge in [-0.15, -0.1) is 0 Å². The van der Waals surface area contributed by atoms with Crippen LogP contribution in [-0.4, -0.2) is 86.2 Å². The number of amides is 2. The maximum Gasteiger partial charge on any atom is 0.248 e. The highest BCUT2D eigenvalue weighted by atomic mass is 32.2. The Morgan fingerprint density at radius 3 is 2.41 bits per heavy atom. The molecule has 2 fully saturated rings. The van der Waals surface area contributed by atoms with Gasteiger partial charge in [-0.1, -0.05) is 31.5 Å². The number of nitrogens with one attached hydrogen (secondary N) is 1. The minimum atomic E-state index is -3.49. The van der Waals surface area contributed by atoms with Gasteiger partial charge in [0.05, 0.1) is 31.0 Å². The summed E-state index contributed by atoms with van der Waals surface area (Å²) in [5.41, 5.74) is 1.08. The summed E-state index contributed by atoms with van der Waals surface area (Å²) in [6.07, 6.45) is 1.26. The molecule has 2 amide bonds. The molecule has 2 saturated heterocycles. The van der Waals surface area contributed by atoms with Crippen molar-refractivity contribution in [3.8, 4) is 5.75 Å². The largest absolute Gasteiger partial charge is 0.487 e. The Kier molecular flexibility index (Phi) is 8.26. The maximum absolute atomic E-state index is 13.7. The van der Waals surface area contributed by atoms with Gasteiger partial charge in [0.25, 0.3) is 0 Å². The maximum atomic E-state index is 13.7. The van der Waals surface area contributed by atoms with Crippen LogP contribution in [0.4, 0.5) is 0 Å². The molecule has 0 bridgehead atoms. The molecule has 6 atom stereocenters. The summed E-state index contributed by atoms with van der Waals surface area (Å²) < 4.78 is 38.2. The molecule has 0 aromatic heterocycles. The molecule has 3 rings (SSSR count). The van der Waals surface area contributed by atoms with Crippen LogP contribution >= 0.6 is 0 Å². The van der Waals surface area contributed by atoms with Gasteiger partial charge in [-0.3, -0.25) is 9.59 Å². The molecule has 0 radical (unpaired) electrons. The van der Waals surface area contributed by atoms with Crippen LogP contribution in [0.1, 0.15) is 39.2 Å². The second kappa shape index (κ2) is 10.6. The number of methoxy groups -OCH3 is 1. The zero-order valence-electron chi connectivity index (χ0n) is 20.9. The lowest BCUT2D eigenvalue weighted by molar-refractivity contribution is -0.142. The lowest BCUT2D eigenvalue weighted by Crippen LogP contribution is -2.58. The van der Waals surface area contributed by atoms with Gasteiger partial charge in [-0.2, -0.15) is 4.31 Å². The fourth-order valence-corrected chi connectivity index (χ4v) is 5.83. The summed E-state index contributed by atoms with van der Waals surface area (Å²) >= 11 is 0. The van der Waals surface area contributed by atoms with E-state index in [-0.39, 0.29) is 30.3 Å². The fraction of sp³-hybridized carbons (Fsp3) is 0.667. The SMILES string of the molecule is CC[C@@H](C)C(=O)N[C@H](C(=O)N1CC[C@@H]2[C@H]1[C@@H](Oc1ccc(C)cc1)CN2S(C)(=O)=O)[C@@H](C)OC. The summed E-state index contributed by atoms with van der Waals surface area (Å²) in [6, 6.07) is 5.82.